The number of anilines is 1. The Labute approximate surface area is 127 Å². The molecule has 1 N–H and O–H groups in total. The van der Waals surface area contributed by atoms with Crippen molar-refractivity contribution in [1.29, 1.82) is 0 Å². The van der Waals surface area contributed by atoms with Crippen molar-refractivity contribution in [2.75, 3.05) is 32.0 Å². The first-order chi connectivity index (χ1) is 8.58. The number of hydrogen-bond donors (Lipinski definition) is 1. The van der Waals surface area contributed by atoms with E-state index in [9.17, 15) is 0 Å². The lowest BCUT2D eigenvalue weighted by molar-refractivity contribution is 0.226. The van der Waals surface area contributed by atoms with Crippen molar-refractivity contribution in [2.45, 2.75) is 12.8 Å². The molecular formula is C13H17BrCl2N2. The molecule has 2 rings (SSSR count). The van der Waals surface area contributed by atoms with Gasteiger partial charge >= 0.3 is 0 Å². The van der Waals surface area contributed by atoms with Crippen LogP contribution in [-0.2, 0) is 0 Å². The normalized spacial score (nSPS) is 18.0. The summed E-state index contributed by atoms with van der Waals surface area (Å²) in [6, 6.07) is 3.89. The zero-order valence-electron chi connectivity index (χ0n) is 10.3. The molecule has 2 nitrogen and oxygen atoms in total. The summed E-state index contributed by atoms with van der Waals surface area (Å²) < 4.78 is 0.832. The van der Waals surface area contributed by atoms with Crippen molar-refractivity contribution in [3.63, 3.8) is 0 Å². The standard InChI is InChI=1S/C13H17BrCl2N2/c1-18-6-4-9(5-7-18)8-17-11-3-2-10(14)12(15)13(11)16/h2-3,9,17H,4-8H2,1H3. The average molecular weight is 352 g/mol. The first-order valence-corrected chi connectivity index (χ1v) is 7.68. The minimum absolute atomic E-state index is 0.574. The second-order valence-electron chi connectivity index (χ2n) is 4.85. The molecule has 1 aromatic carbocycles. The molecule has 0 unspecified atom stereocenters. The van der Waals surface area contributed by atoms with Gasteiger partial charge in [0.25, 0.3) is 0 Å². The Hall–Kier alpha value is 0.0400. The number of nitrogens with one attached hydrogen (secondary N) is 1. The summed E-state index contributed by atoms with van der Waals surface area (Å²) in [6.07, 6.45) is 2.48. The van der Waals surface area contributed by atoms with Gasteiger partial charge in [-0.3, -0.25) is 0 Å². The molecule has 1 aliphatic heterocycles. The SMILES string of the molecule is CN1CCC(CNc2ccc(Br)c(Cl)c2Cl)CC1. The fraction of sp³-hybridized carbons (Fsp3) is 0.538. The van der Waals surface area contributed by atoms with Crippen LogP contribution in [0.4, 0.5) is 5.69 Å². The topological polar surface area (TPSA) is 15.3 Å². The van der Waals surface area contributed by atoms with Gasteiger partial charge in [0, 0.05) is 11.0 Å². The Morgan fingerprint density at radius 2 is 1.94 bits per heavy atom. The van der Waals surface area contributed by atoms with Crippen molar-refractivity contribution in [3.8, 4) is 0 Å². The van der Waals surface area contributed by atoms with Gasteiger partial charge in [0.05, 0.1) is 15.7 Å². The third-order valence-corrected chi connectivity index (χ3v) is 5.23. The molecule has 18 heavy (non-hydrogen) atoms. The zero-order chi connectivity index (χ0) is 13.1. The predicted octanol–water partition coefficient (Wildman–Crippen LogP) is 4.51. The third-order valence-electron chi connectivity index (χ3n) is 3.45. The first kappa shape index (κ1) is 14.4. The highest BCUT2D eigenvalue weighted by Crippen LogP contribution is 2.36. The van der Waals surface area contributed by atoms with Crippen LogP contribution in [0, 0.1) is 5.92 Å². The lowest BCUT2D eigenvalue weighted by Crippen LogP contribution is -2.32. The number of halogens is 3. The molecule has 0 radical (unpaired) electrons. The van der Waals surface area contributed by atoms with E-state index in [0.717, 1.165) is 22.6 Å². The summed E-state index contributed by atoms with van der Waals surface area (Å²) in [5, 5.41) is 4.58. The fourth-order valence-corrected chi connectivity index (χ4v) is 3.02. The van der Waals surface area contributed by atoms with Gasteiger partial charge < -0.3 is 10.2 Å². The van der Waals surface area contributed by atoms with Crippen LogP contribution in [0.3, 0.4) is 0 Å². The summed E-state index contributed by atoms with van der Waals surface area (Å²) >= 11 is 15.7. The molecule has 100 valence electrons. The molecule has 0 atom stereocenters. The van der Waals surface area contributed by atoms with Crippen LogP contribution >= 0.6 is 39.1 Å². The van der Waals surface area contributed by atoms with Crippen molar-refractivity contribution >= 4 is 44.8 Å². The lowest BCUT2D eigenvalue weighted by Gasteiger charge is -2.29. The summed E-state index contributed by atoms with van der Waals surface area (Å²) in [5.74, 6) is 0.722. The number of nitrogens with zero attached hydrogens (tertiary/aromatic N) is 1. The summed E-state index contributed by atoms with van der Waals surface area (Å²) in [6.45, 7) is 3.33. The van der Waals surface area contributed by atoms with Crippen LogP contribution in [-0.4, -0.2) is 31.6 Å². The minimum atomic E-state index is 0.574. The third kappa shape index (κ3) is 3.53. The second kappa shape index (κ2) is 6.47. The Balaban J connectivity index is 1.92. The number of benzene rings is 1. The van der Waals surface area contributed by atoms with E-state index in [0.29, 0.717) is 10.0 Å². The number of hydrogen-bond acceptors (Lipinski definition) is 2. The Kier molecular flexibility index (Phi) is 5.19. The number of piperidine rings is 1. The molecule has 0 amide bonds. The van der Waals surface area contributed by atoms with Gasteiger partial charge in [-0.05, 0) is 67.0 Å². The summed E-state index contributed by atoms with van der Waals surface area (Å²) in [7, 11) is 2.18. The van der Waals surface area contributed by atoms with E-state index in [1.54, 1.807) is 0 Å². The molecule has 5 heteroatoms. The van der Waals surface area contributed by atoms with E-state index in [1.165, 1.54) is 25.9 Å². The van der Waals surface area contributed by atoms with Crippen molar-refractivity contribution in [1.82, 2.24) is 4.90 Å². The maximum Gasteiger partial charge on any atom is 0.0835 e. The quantitative estimate of drug-likeness (QED) is 0.806. The van der Waals surface area contributed by atoms with Gasteiger partial charge in [0.15, 0.2) is 0 Å². The van der Waals surface area contributed by atoms with Gasteiger partial charge in [-0.2, -0.15) is 0 Å². The number of likely N-dealkylation sites (tertiary alicyclic amines) is 1. The molecule has 1 aliphatic rings. The van der Waals surface area contributed by atoms with Gasteiger partial charge in [-0.25, -0.2) is 0 Å². The fourth-order valence-electron chi connectivity index (χ4n) is 2.18. The van der Waals surface area contributed by atoms with E-state index in [-0.39, 0.29) is 0 Å². The van der Waals surface area contributed by atoms with Crippen molar-refractivity contribution in [3.05, 3.63) is 26.7 Å². The Bertz CT molecular complexity index is 418. The molecule has 0 spiro atoms. The highest BCUT2D eigenvalue weighted by atomic mass is 79.9. The van der Waals surface area contributed by atoms with Crippen LogP contribution in [0.5, 0.6) is 0 Å². The van der Waals surface area contributed by atoms with E-state index in [4.69, 9.17) is 23.2 Å². The minimum Gasteiger partial charge on any atom is -0.384 e. The summed E-state index contributed by atoms with van der Waals surface area (Å²) in [5.41, 5.74) is 0.920. The van der Waals surface area contributed by atoms with E-state index in [2.05, 4.69) is 33.2 Å². The number of rotatable bonds is 3. The van der Waals surface area contributed by atoms with Crippen LogP contribution in [0.2, 0.25) is 10.0 Å². The van der Waals surface area contributed by atoms with Crippen LogP contribution in [0.15, 0.2) is 16.6 Å². The zero-order valence-corrected chi connectivity index (χ0v) is 13.4. The van der Waals surface area contributed by atoms with Crippen LogP contribution in [0.1, 0.15) is 12.8 Å². The highest BCUT2D eigenvalue weighted by Gasteiger charge is 2.17. The molecule has 0 saturated carbocycles. The average Bonchev–Trinajstić information content (AvgIpc) is 2.37. The van der Waals surface area contributed by atoms with Gasteiger partial charge in [0.2, 0.25) is 0 Å². The molecule has 0 aromatic heterocycles. The van der Waals surface area contributed by atoms with Crippen LogP contribution < -0.4 is 5.32 Å². The molecule has 1 saturated heterocycles. The molecule has 1 heterocycles. The van der Waals surface area contributed by atoms with E-state index < -0.39 is 0 Å². The predicted molar refractivity (Wildman–Crippen MR) is 82.9 cm³/mol. The van der Waals surface area contributed by atoms with Crippen molar-refractivity contribution in [2.24, 2.45) is 5.92 Å². The molecular weight excluding hydrogens is 335 g/mol. The van der Waals surface area contributed by atoms with Crippen LogP contribution in [0.25, 0.3) is 0 Å². The molecule has 0 bridgehead atoms. The van der Waals surface area contributed by atoms with E-state index >= 15 is 0 Å². The van der Waals surface area contributed by atoms with Crippen molar-refractivity contribution < 1.29 is 0 Å². The smallest absolute Gasteiger partial charge is 0.0835 e. The monoisotopic (exact) mass is 350 g/mol. The maximum absolute atomic E-state index is 6.21. The maximum atomic E-state index is 6.21. The molecule has 1 aromatic rings. The Morgan fingerprint density at radius 3 is 2.61 bits per heavy atom. The molecule has 0 aliphatic carbocycles. The van der Waals surface area contributed by atoms with Gasteiger partial charge in [0.1, 0.15) is 0 Å². The van der Waals surface area contributed by atoms with Gasteiger partial charge in [-0.15, -0.1) is 0 Å². The lowest BCUT2D eigenvalue weighted by atomic mass is 9.97. The second-order valence-corrected chi connectivity index (χ2v) is 6.46. The summed E-state index contributed by atoms with van der Waals surface area (Å²) in [4.78, 5) is 2.37. The highest BCUT2D eigenvalue weighted by molar-refractivity contribution is 9.10. The van der Waals surface area contributed by atoms with Gasteiger partial charge in [-0.1, -0.05) is 23.2 Å². The first-order valence-electron chi connectivity index (χ1n) is 6.14. The van der Waals surface area contributed by atoms with E-state index in [1.807, 2.05) is 12.1 Å². The molecule has 1 fully saturated rings. The Morgan fingerprint density at radius 1 is 1.28 bits per heavy atom. The largest absolute Gasteiger partial charge is 0.384 e.